The smallest absolute Gasteiger partial charge is 0.390 e. The summed E-state index contributed by atoms with van der Waals surface area (Å²) in [6, 6.07) is 1.39. The minimum absolute atomic E-state index is 0.177. The summed E-state index contributed by atoms with van der Waals surface area (Å²) in [6.07, 6.45) is 1.53. The van der Waals surface area contributed by atoms with Crippen LogP contribution in [0.3, 0.4) is 0 Å². The van der Waals surface area contributed by atoms with Crippen molar-refractivity contribution in [1.82, 2.24) is 29.4 Å². The molecule has 0 spiro atoms. The lowest BCUT2D eigenvalue weighted by Gasteiger charge is -1.99. The summed E-state index contributed by atoms with van der Waals surface area (Å²) in [5.41, 5.74) is 1.93. The molecule has 4 rings (SSSR count). The maximum Gasteiger partial charge on any atom is 0.390 e. The van der Waals surface area contributed by atoms with E-state index in [2.05, 4.69) is 20.2 Å². The van der Waals surface area contributed by atoms with Gasteiger partial charge in [0.05, 0.1) is 28.9 Å². The Kier molecular flexibility index (Phi) is 4.26. The van der Waals surface area contributed by atoms with E-state index in [1.807, 2.05) is 6.92 Å². The van der Waals surface area contributed by atoms with Crippen molar-refractivity contribution in [3.63, 3.8) is 0 Å². The summed E-state index contributed by atoms with van der Waals surface area (Å²) >= 11 is 1.25. The van der Waals surface area contributed by atoms with Crippen LogP contribution in [0.4, 0.5) is 5.82 Å². The number of nitrogens with zero attached hydrogens (tertiary/aromatic N) is 7. The zero-order chi connectivity index (χ0) is 20.0. The third-order valence-corrected chi connectivity index (χ3v) is 5.40. The highest BCUT2D eigenvalue weighted by atomic mass is 32.1. The highest BCUT2D eigenvalue weighted by Gasteiger charge is 2.22. The molecule has 0 aliphatic rings. The average molecular weight is 401 g/mol. The molecule has 4 heterocycles. The standard InChI is InChI=1S/C16H15N7O4S/c1-4-27-16(24)13-9(3)12-14-18-10(19-22(14)7-17-15(12)28-13)6-21-8(2)5-11(20-21)23(25)26/h5,7H,4,6H2,1-3H3. The van der Waals surface area contributed by atoms with E-state index < -0.39 is 4.92 Å². The molecule has 0 bridgehead atoms. The molecule has 0 N–H and O–H groups in total. The van der Waals surface area contributed by atoms with Crippen LogP contribution in [0.5, 0.6) is 0 Å². The molecule has 0 saturated heterocycles. The van der Waals surface area contributed by atoms with Crippen molar-refractivity contribution < 1.29 is 14.5 Å². The Morgan fingerprint density at radius 1 is 1.36 bits per heavy atom. The number of ether oxygens (including phenoxy) is 1. The first kappa shape index (κ1) is 18.0. The molecular formula is C16H15N7O4S. The molecule has 28 heavy (non-hydrogen) atoms. The Hall–Kier alpha value is -3.41. The largest absolute Gasteiger partial charge is 0.462 e. The predicted octanol–water partition coefficient (Wildman–Crippen LogP) is 2.29. The number of fused-ring (bicyclic) bond motifs is 3. The minimum atomic E-state index is -0.542. The number of aromatic nitrogens is 6. The van der Waals surface area contributed by atoms with Gasteiger partial charge in [0.25, 0.3) is 0 Å². The Labute approximate surface area is 161 Å². The van der Waals surface area contributed by atoms with Crippen molar-refractivity contribution in [2.75, 3.05) is 6.61 Å². The van der Waals surface area contributed by atoms with Crippen LogP contribution in [-0.4, -0.2) is 46.9 Å². The van der Waals surface area contributed by atoms with Crippen LogP contribution in [0.1, 0.15) is 33.7 Å². The number of rotatable bonds is 5. The van der Waals surface area contributed by atoms with Gasteiger partial charge in [-0.05, 0) is 31.3 Å². The third-order valence-electron chi connectivity index (χ3n) is 4.22. The van der Waals surface area contributed by atoms with Crippen molar-refractivity contribution in [1.29, 1.82) is 0 Å². The fourth-order valence-corrected chi connectivity index (χ4v) is 3.95. The second kappa shape index (κ2) is 6.64. The van der Waals surface area contributed by atoms with Gasteiger partial charge in [-0.3, -0.25) is 0 Å². The van der Waals surface area contributed by atoms with Gasteiger partial charge in [0.2, 0.25) is 0 Å². The van der Waals surface area contributed by atoms with E-state index >= 15 is 0 Å². The van der Waals surface area contributed by atoms with E-state index in [0.29, 0.717) is 33.5 Å². The molecule has 0 atom stereocenters. The number of carbonyl (C=O) groups is 1. The Bertz CT molecular complexity index is 1240. The number of carbonyl (C=O) groups excluding carboxylic acids is 1. The van der Waals surface area contributed by atoms with Gasteiger partial charge < -0.3 is 14.9 Å². The number of nitro groups is 1. The molecule has 144 valence electrons. The van der Waals surface area contributed by atoms with E-state index in [4.69, 9.17) is 4.74 Å². The zero-order valence-corrected chi connectivity index (χ0v) is 16.1. The average Bonchev–Trinajstić information content (AvgIpc) is 3.31. The van der Waals surface area contributed by atoms with E-state index in [9.17, 15) is 14.9 Å². The number of esters is 1. The number of thiophene rings is 1. The molecule has 0 fully saturated rings. The summed E-state index contributed by atoms with van der Waals surface area (Å²) in [5, 5.41) is 20.0. The van der Waals surface area contributed by atoms with Crippen molar-refractivity contribution >= 4 is 39.0 Å². The second-order valence-electron chi connectivity index (χ2n) is 6.06. The molecule has 0 aliphatic carbocycles. The SMILES string of the molecule is CCOC(=O)c1sc2ncn3nc(Cn4nc([N+](=O)[O-])cc4C)nc3c2c1C. The molecule has 0 aliphatic heterocycles. The normalized spacial score (nSPS) is 11.4. The highest BCUT2D eigenvalue weighted by Crippen LogP contribution is 2.32. The molecule has 0 aromatic carbocycles. The molecule has 0 unspecified atom stereocenters. The minimum Gasteiger partial charge on any atom is -0.462 e. The topological polar surface area (TPSA) is 130 Å². The Morgan fingerprint density at radius 2 is 2.14 bits per heavy atom. The summed E-state index contributed by atoms with van der Waals surface area (Å²) in [5.74, 6) is -0.183. The van der Waals surface area contributed by atoms with E-state index in [1.165, 1.54) is 32.9 Å². The molecule has 12 heteroatoms. The van der Waals surface area contributed by atoms with Crippen LogP contribution < -0.4 is 0 Å². The Balaban J connectivity index is 1.77. The fourth-order valence-electron chi connectivity index (χ4n) is 2.91. The molecular weight excluding hydrogens is 386 g/mol. The van der Waals surface area contributed by atoms with E-state index in [1.54, 1.807) is 13.8 Å². The molecule has 0 radical (unpaired) electrons. The van der Waals surface area contributed by atoms with Crippen LogP contribution in [-0.2, 0) is 11.3 Å². The zero-order valence-electron chi connectivity index (χ0n) is 15.2. The van der Waals surface area contributed by atoms with Crippen LogP contribution in [0, 0.1) is 24.0 Å². The van der Waals surface area contributed by atoms with Crippen LogP contribution >= 0.6 is 11.3 Å². The van der Waals surface area contributed by atoms with Crippen molar-refractivity contribution in [2.45, 2.75) is 27.3 Å². The van der Waals surface area contributed by atoms with Crippen molar-refractivity contribution in [3.8, 4) is 0 Å². The van der Waals surface area contributed by atoms with Gasteiger partial charge in [0.15, 0.2) is 11.5 Å². The predicted molar refractivity (Wildman–Crippen MR) is 99.6 cm³/mol. The number of aryl methyl sites for hydroxylation is 2. The highest BCUT2D eigenvalue weighted by molar-refractivity contribution is 7.20. The molecule has 4 aromatic heterocycles. The molecule has 4 aromatic rings. The maximum atomic E-state index is 12.2. The fraction of sp³-hybridized carbons (Fsp3) is 0.312. The van der Waals surface area contributed by atoms with Gasteiger partial charge in [-0.15, -0.1) is 16.4 Å². The van der Waals surface area contributed by atoms with Gasteiger partial charge in [-0.25, -0.2) is 19.3 Å². The quantitative estimate of drug-likeness (QED) is 0.283. The van der Waals surface area contributed by atoms with E-state index in [-0.39, 0.29) is 18.3 Å². The summed E-state index contributed by atoms with van der Waals surface area (Å²) < 4.78 is 8.11. The summed E-state index contributed by atoms with van der Waals surface area (Å²) in [7, 11) is 0. The third kappa shape index (κ3) is 2.87. The lowest BCUT2D eigenvalue weighted by Crippen LogP contribution is -2.06. The number of hydrogen-bond acceptors (Lipinski definition) is 9. The summed E-state index contributed by atoms with van der Waals surface area (Å²) in [4.78, 5) is 32.6. The van der Waals surface area contributed by atoms with Crippen molar-refractivity contribution in [3.05, 3.63) is 44.5 Å². The van der Waals surface area contributed by atoms with Gasteiger partial charge in [-0.1, -0.05) is 0 Å². The van der Waals surface area contributed by atoms with Gasteiger partial charge >= 0.3 is 11.8 Å². The Morgan fingerprint density at radius 3 is 2.82 bits per heavy atom. The van der Waals surface area contributed by atoms with Crippen LogP contribution in [0.15, 0.2) is 12.4 Å². The lowest BCUT2D eigenvalue weighted by atomic mass is 10.2. The summed E-state index contributed by atoms with van der Waals surface area (Å²) in [6.45, 7) is 5.77. The lowest BCUT2D eigenvalue weighted by molar-refractivity contribution is -0.389. The van der Waals surface area contributed by atoms with E-state index in [0.717, 1.165) is 10.9 Å². The molecule has 11 nitrogen and oxygen atoms in total. The second-order valence-corrected chi connectivity index (χ2v) is 7.06. The maximum absolute atomic E-state index is 12.2. The first-order chi connectivity index (χ1) is 13.4. The number of hydrogen-bond donors (Lipinski definition) is 0. The van der Waals surface area contributed by atoms with Gasteiger partial charge in [0.1, 0.15) is 22.6 Å². The van der Waals surface area contributed by atoms with Crippen LogP contribution in [0.2, 0.25) is 0 Å². The monoisotopic (exact) mass is 401 g/mol. The van der Waals surface area contributed by atoms with Crippen molar-refractivity contribution in [2.24, 2.45) is 0 Å². The first-order valence-electron chi connectivity index (χ1n) is 8.38. The van der Waals surface area contributed by atoms with Crippen LogP contribution in [0.25, 0.3) is 15.9 Å². The molecule has 0 amide bonds. The van der Waals surface area contributed by atoms with Gasteiger partial charge in [-0.2, -0.15) is 4.68 Å². The first-order valence-corrected chi connectivity index (χ1v) is 9.20. The van der Waals surface area contributed by atoms with Gasteiger partial charge in [0, 0.05) is 0 Å². The molecule has 0 saturated carbocycles.